The molecule has 0 radical (unpaired) electrons. The SMILES string of the molecule is CCCCc1cc(CCCC(C)C2CC2c2ccccc2)ccc1C. The minimum atomic E-state index is 0.830. The minimum absolute atomic E-state index is 0.830. The van der Waals surface area contributed by atoms with Crippen LogP contribution < -0.4 is 0 Å². The predicted molar refractivity (Wildman–Crippen MR) is 109 cm³/mol. The molecular formula is C25H34. The summed E-state index contributed by atoms with van der Waals surface area (Å²) in [6.07, 6.45) is 9.17. The highest BCUT2D eigenvalue weighted by molar-refractivity contribution is 5.31. The van der Waals surface area contributed by atoms with Crippen molar-refractivity contribution in [3.05, 3.63) is 70.8 Å². The van der Waals surface area contributed by atoms with Crippen molar-refractivity contribution in [2.75, 3.05) is 0 Å². The van der Waals surface area contributed by atoms with Crippen LogP contribution in [-0.4, -0.2) is 0 Å². The molecule has 1 saturated carbocycles. The Morgan fingerprint density at radius 1 is 1.00 bits per heavy atom. The molecular weight excluding hydrogens is 300 g/mol. The summed E-state index contributed by atoms with van der Waals surface area (Å²) in [6.45, 7) is 7.00. The second-order valence-electron chi connectivity index (χ2n) is 8.15. The number of hydrogen-bond donors (Lipinski definition) is 0. The topological polar surface area (TPSA) is 0 Å². The van der Waals surface area contributed by atoms with Gasteiger partial charge in [-0.1, -0.05) is 75.2 Å². The maximum absolute atomic E-state index is 2.47. The zero-order valence-electron chi connectivity index (χ0n) is 16.3. The Bertz CT molecular complexity index is 655. The molecule has 0 nitrogen and oxygen atoms in total. The van der Waals surface area contributed by atoms with Crippen LogP contribution in [-0.2, 0) is 12.8 Å². The number of hydrogen-bond acceptors (Lipinski definition) is 0. The average Bonchev–Trinajstić information content (AvgIpc) is 3.43. The molecule has 3 atom stereocenters. The Kier molecular flexibility index (Phi) is 6.34. The third kappa shape index (κ3) is 4.97. The molecule has 0 N–H and O–H groups in total. The Balaban J connectivity index is 1.45. The van der Waals surface area contributed by atoms with Gasteiger partial charge in [0.15, 0.2) is 0 Å². The smallest absolute Gasteiger partial charge is 0.0128 e. The zero-order chi connectivity index (χ0) is 17.6. The summed E-state index contributed by atoms with van der Waals surface area (Å²) in [5, 5.41) is 0. The second-order valence-corrected chi connectivity index (χ2v) is 8.15. The van der Waals surface area contributed by atoms with E-state index in [1.165, 1.54) is 50.5 Å². The van der Waals surface area contributed by atoms with Gasteiger partial charge in [-0.3, -0.25) is 0 Å². The van der Waals surface area contributed by atoms with Crippen molar-refractivity contribution < 1.29 is 0 Å². The van der Waals surface area contributed by atoms with E-state index in [1.54, 1.807) is 16.7 Å². The van der Waals surface area contributed by atoms with Gasteiger partial charge in [-0.05, 0) is 79.0 Å². The molecule has 1 fully saturated rings. The van der Waals surface area contributed by atoms with E-state index >= 15 is 0 Å². The molecule has 2 aromatic rings. The Morgan fingerprint density at radius 2 is 1.80 bits per heavy atom. The molecule has 1 aliphatic rings. The van der Waals surface area contributed by atoms with Crippen molar-refractivity contribution in [1.29, 1.82) is 0 Å². The molecule has 134 valence electrons. The molecule has 3 rings (SSSR count). The van der Waals surface area contributed by atoms with E-state index in [0.29, 0.717) is 0 Å². The monoisotopic (exact) mass is 334 g/mol. The molecule has 3 unspecified atom stereocenters. The number of rotatable bonds is 9. The van der Waals surface area contributed by atoms with E-state index in [4.69, 9.17) is 0 Å². The third-order valence-corrected chi connectivity index (χ3v) is 6.14. The molecule has 0 amide bonds. The van der Waals surface area contributed by atoms with E-state index < -0.39 is 0 Å². The Morgan fingerprint density at radius 3 is 2.56 bits per heavy atom. The van der Waals surface area contributed by atoms with Crippen molar-refractivity contribution in [3.63, 3.8) is 0 Å². The fourth-order valence-electron chi connectivity index (χ4n) is 4.29. The van der Waals surface area contributed by atoms with Crippen LogP contribution in [0.25, 0.3) is 0 Å². The quantitative estimate of drug-likeness (QED) is 0.459. The fourth-order valence-corrected chi connectivity index (χ4v) is 4.29. The third-order valence-electron chi connectivity index (χ3n) is 6.14. The number of unbranched alkanes of at least 4 members (excludes halogenated alkanes) is 1. The summed E-state index contributed by atoms with van der Waals surface area (Å²) in [5.74, 6) is 2.60. The summed E-state index contributed by atoms with van der Waals surface area (Å²) in [5.41, 5.74) is 6.13. The number of benzene rings is 2. The van der Waals surface area contributed by atoms with Crippen molar-refractivity contribution in [1.82, 2.24) is 0 Å². The summed E-state index contributed by atoms with van der Waals surface area (Å²) in [7, 11) is 0. The molecule has 2 aromatic carbocycles. The van der Waals surface area contributed by atoms with Crippen LogP contribution in [0.1, 0.15) is 74.1 Å². The standard InChI is InChI=1S/C25H34/c1-4-5-12-23-17-21(16-15-19(23)2)11-9-10-20(3)24-18-25(24)22-13-7-6-8-14-22/h6-8,13-17,20,24-25H,4-5,9-12,18H2,1-3H3. The van der Waals surface area contributed by atoms with Crippen molar-refractivity contribution in [2.45, 2.75) is 71.6 Å². The Labute approximate surface area is 154 Å². The van der Waals surface area contributed by atoms with Gasteiger partial charge in [0.2, 0.25) is 0 Å². The van der Waals surface area contributed by atoms with Crippen LogP contribution in [0.5, 0.6) is 0 Å². The van der Waals surface area contributed by atoms with Crippen LogP contribution >= 0.6 is 0 Å². The van der Waals surface area contributed by atoms with Gasteiger partial charge in [-0.2, -0.15) is 0 Å². The second kappa shape index (κ2) is 8.70. The van der Waals surface area contributed by atoms with E-state index in [0.717, 1.165) is 17.8 Å². The van der Waals surface area contributed by atoms with Crippen molar-refractivity contribution in [2.24, 2.45) is 11.8 Å². The molecule has 0 aliphatic heterocycles. The lowest BCUT2D eigenvalue weighted by molar-refractivity contribution is 0.445. The zero-order valence-corrected chi connectivity index (χ0v) is 16.3. The first-order chi connectivity index (χ1) is 12.2. The lowest BCUT2D eigenvalue weighted by Gasteiger charge is -2.12. The summed E-state index contributed by atoms with van der Waals surface area (Å²) in [6, 6.07) is 18.3. The van der Waals surface area contributed by atoms with Crippen molar-refractivity contribution >= 4 is 0 Å². The highest BCUT2D eigenvalue weighted by atomic mass is 14.5. The van der Waals surface area contributed by atoms with Crippen LogP contribution in [0.2, 0.25) is 0 Å². The lowest BCUT2D eigenvalue weighted by atomic mass is 9.93. The molecule has 0 aromatic heterocycles. The molecule has 0 saturated heterocycles. The van der Waals surface area contributed by atoms with Gasteiger partial charge in [-0.15, -0.1) is 0 Å². The molecule has 25 heavy (non-hydrogen) atoms. The first-order valence-corrected chi connectivity index (χ1v) is 10.3. The fraction of sp³-hybridized carbons (Fsp3) is 0.520. The molecule has 0 heteroatoms. The maximum atomic E-state index is 2.47. The van der Waals surface area contributed by atoms with Crippen molar-refractivity contribution in [3.8, 4) is 0 Å². The van der Waals surface area contributed by atoms with E-state index in [9.17, 15) is 0 Å². The predicted octanol–water partition coefficient (Wildman–Crippen LogP) is 7.10. The molecule has 0 spiro atoms. The van der Waals surface area contributed by atoms with Crippen LogP contribution in [0, 0.1) is 18.8 Å². The highest BCUT2D eigenvalue weighted by Crippen LogP contribution is 2.52. The highest BCUT2D eigenvalue weighted by Gasteiger charge is 2.41. The van der Waals surface area contributed by atoms with Gasteiger partial charge >= 0.3 is 0 Å². The van der Waals surface area contributed by atoms with E-state index in [-0.39, 0.29) is 0 Å². The van der Waals surface area contributed by atoms with E-state index in [1.807, 2.05) is 0 Å². The summed E-state index contributed by atoms with van der Waals surface area (Å²) < 4.78 is 0. The normalized spacial score (nSPS) is 20.4. The summed E-state index contributed by atoms with van der Waals surface area (Å²) in [4.78, 5) is 0. The summed E-state index contributed by atoms with van der Waals surface area (Å²) >= 11 is 0. The molecule has 0 bridgehead atoms. The van der Waals surface area contributed by atoms with Crippen LogP contribution in [0.15, 0.2) is 48.5 Å². The first-order valence-electron chi connectivity index (χ1n) is 10.3. The van der Waals surface area contributed by atoms with Gasteiger partial charge in [0.25, 0.3) is 0 Å². The van der Waals surface area contributed by atoms with Gasteiger partial charge < -0.3 is 0 Å². The maximum Gasteiger partial charge on any atom is -0.0128 e. The Hall–Kier alpha value is -1.56. The van der Waals surface area contributed by atoms with Gasteiger partial charge in [0, 0.05) is 0 Å². The number of aryl methyl sites for hydroxylation is 3. The van der Waals surface area contributed by atoms with Crippen LogP contribution in [0.3, 0.4) is 0 Å². The van der Waals surface area contributed by atoms with Gasteiger partial charge in [0.1, 0.15) is 0 Å². The van der Waals surface area contributed by atoms with E-state index in [2.05, 4.69) is 69.3 Å². The molecule has 1 aliphatic carbocycles. The largest absolute Gasteiger partial charge is 0.0654 e. The minimum Gasteiger partial charge on any atom is -0.0654 e. The molecule has 0 heterocycles. The lowest BCUT2D eigenvalue weighted by Crippen LogP contribution is -2.01. The average molecular weight is 335 g/mol. The van der Waals surface area contributed by atoms with Gasteiger partial charge in [0.05, 0.1) is 0 Å². The van der Waals surface area contributed by atoms with Gasteiger partial charge in [-0.25, -0.2) is 0 Å². The first kappa shape index (κ1) is 18.2. The van der Waals surface area contributed by atoms with Crippen LogP contribution in [0.4, 0.5) is 0 Å².